The number of carbonyl (C=O) groups is 2. The van der Waals surface area contributed by atoms with Crippen molar-refractivity contribution in [1.82, 2.24) is 4.31 Å². The van der Waals surface area contributed by atoms with E-state index >= 15 is 0 Å². The van der Waals surface area contributed by atoms with Crippen molar-refractivity contribution in [2.75, 3.05) is 19.4 Å². The zero-order valence-corrected chi connectivity index (χ0v) is 17.9. The summed E-state index contributed by atoms with van der Waals surface area (Å²) in [6.07, 6.45) is 1.12. The number of ether oxygens (including phenoxy) is 1. The first-order valence-electron chi connectivity index (χ1n) is 8.99. The lowest BCUT2D eigenvalue weighted by molar-refractivity contribution is -0.148. The molecule has 1 atom stereocenters. The largest absolute Gasteiger partial charge is 0.449 e. The lowest BCUT2D eigenvalue weighted by Gasteiger charge is -2.16. The Labute approximate surface area is 175 Å². The Balaban J connectivity index is 2.07. The number of carbonyl (C=O) groups excluding carboxylic acids is 2. The van der Waals surface area contributed by atoms with E-state index in [1.807, 2.05) is 0 Å². The normalized spacial score (nSPS) is 12.7. The number of hydrogen-bond donors (Lipinski definition) is 1. The van der Waals surface area contributed by atoms with Gasteiger partial charge in [0.2, 0.25) is 10.0 Å². The van der Waals surface area contributed by atoms with Crippen LogP contribution < -0.4 is 5.32 Å². The van der Waals surface area contributed by atoms with E-state index < -0.39 is 33.8 Å². The van der Waals surface area contributed by atoms with Gasteiger partial charge in [0.05, 0.1) is 4.90 Å². The van der Waals surface area contributed by atoms with Gasteiger partial charge in [0.25, 0.3) is 5.91 Å². The number of benzene rings is 2. The van der Waals surface area contributed by atoms with Crippen LogP contribution in [-0.2, 0) is 24.3 Å². The highest BCUT2D eigenvalue weighted by atomic mass is 32.2. The molecule has 7 nitrogen and oxygen atoms in total. The number of halogens is 1. The molecule has 0 heterocycles. The van der Waals surface area contributed by atoms with E-state index in [1.54, 1.807) is 19.1 Å². The van der Waals surface area contributed by atoms with Gasteiger partial charge in [0, 0.05) is 31.4 Å². The Morgan fingerprint density at radius 1 is 1.17 bits per heavy atom. The highest BCUT2D eigenvalue weighted by Gasteiger charge is 2.21. The van der Waals surface area contributed by atoms with Crippen LogP contribution in [0, 0.1) is 12.7 Å². The maximum Gasteiger partial charge on any atom is 0.331 e. The number of nitrogens with one attached hydrogen (secondary N) is 1. The van der Waals surface area contributed by atoms with E-state index in [9.17, 15) is 22.4 Å². The predicted octanol–water partition coefficient (Wildman–Crippen LogP) is 2.97. The maximum absolute atomic E-state index is 13.6. The smallest absolute Gasteiger partial charge is 0.331 e. The van der Waals surface area contributed by atoms with Gasteiger partial charge in [0.15, 0.2) is 6.10 Å². The molecule has 0 radical (unpaired) electrons. The third-order valence-electron chi connectivity index (χ3n) is 4.21. The molecule has 2 aromatic rings. The van der Waals surface area contributed by atoms with Gasteiger partial charge < -0.3 is 10.1 Å². The molecule has 2 aromatic carbocycles. The first kappa shape index (κ1) is 23.2. The van der Waals surface area contributed by atoms with Crippen LogP contribution in [0.2, 0.25) is 0 Å². The number of anilines is 1. The number of rotatable bonds is 7. The standard InChI is InChI=1S/C21H23FN2O5S/c1-14-9-11-17(30(27,28)24(3)4)13-19(14)23-21(26)15(2)29-20(25)12-10-16-7-5-6-8-18(16)22/h5-13,15H,1-4H3,(H,23,26)/b12-10+. The first-order valence-corrected chi connectivity index (χ1v) is 10.4. The molecule has 0 saturated heterocycles. The number of nitrogens with zero attached hydrogens (tertiary/aromatic N) is 1. The summed E-state index contributed by atoms with van der Waals surface area (Å²) in [6, 6.07) is 10.3. The number of hydrogen-bond acceptors (Lipinski definition) is 5. The molecule has 9 heteroatoms. The Bertz CT molecular complexity index is 1080. The Morgan fingerprint density at radius 3 is 2.47 bits per heavy atom. The van der Waals surface area contributed by atoms with Crippen LogP contribution in [0.15, 0.2) is 53.4 Å². The second-order valence-corrected chi connectivity index (χ2v) is 8.84. The van der Waals surface area contributed by atoms with Gasteiger partial charge in [-0.3, -0.25) is 4.79 Å². The maximum atomic E-state index is 13.6. The quantitative estimate of drug-likeness (QED) is 0.534. The molecule has 0 aliphatic heterocycles. The molecule has 0 aromatic heterocycles. The molecule has 30 heavy (non-hydrogen) atoms. The van der Waals surface area contributed by atoms with E-state index in [1.165, 1.54) is 57.4 Å². The molecule has 2 rings (SSSR count). The molecule has 1 amide bonds. The van der Waals surface area contributed by atoms with Gasteiger partial charge in [0.1, 0.15) is 5.82 Å². The Morgan fingerprint density at radius 2 is 1.83 bits per heavy atom. The van der Waals surface area contributed by atoms with Crippen molar-refractivity contribution in [3.05, 3.63) is 65.5 Å². The second-order valence-electron chi connectivity index (χ2n) is 6.69. The summed E-state index contributed by atoms with van der Waals surface area (Å²) in [5, 5.41) is 2.57. The summed E-state index contributed by atoms with van der Waals surface area (Å²) < 4.78 is 44.2. The van der Waals surface area contributed by atoms with Crippen molar-refractivity contribution in [2.24, 2.45) is 0 Å². The lowest BCUT2D eigenvalue weighted by atomic mass is 10.2. The summed E-state index contributed by atoms with van der Waals surface area (Å²) >= 11 is 0. The number of aryl methyl sites for hydroxylation is 1. The van der Waals surface area contributed by atoms with Crippen molar-refractivity contribution in [2.45, 2.75) is 24.8 Å². The number of amides is 1. The zero-order valence-electron chi connectivity index (χ0n) is 17.0. The van der Waals surface area contributed by atoms with Crippen molar-refractivity contribution in [3.8, 4) is 0 Å². The fourth-order valence-electron chi connectivity index (χ4n) is 2.38. The van der Waals surface area contributed by atoms with Crippen LogP contribution >= 0.6 is 0 Å². The molecule has 0 saturated carbocycles. The molecule has 0 aliphatic carbocycles. The average Bonchev–Trinajstić information content (AvgIpc) is 2.68. The van der Waals surface area contributed by atoms with Crippen LogP contribution in [0.1, 0.15) is 18.1 Å². The summed E-state index contributed by atoms with van der Waals surface area (Å²) in [5.41, 5.74) is 1.13. The number of esters is 1. The first-order chi connectivity index (χ1) is 14.0. The minimum atomic E-state index is -3.67. The summed E-state index contributed by atoms with van der Waals surface area (Å²) in [4.78, 5) is 24.3. The topological polar surface area (TPSA) is 92.8 Å². The number of sulfonamides is 1. The van der Waals surface area contributed by atoms with Crippen LogP contribution in [0.5, 0.6) is 0 Å². The Kier molecular flexibility index (Phi) is 7.47. The minimum absolute atomic E-state index is 0.0193. The Hall–Kier alpha value is -3.04. The molecule has 0 aliphatic rings. The minimum Gasteiger partial charge on any atom is -0.449 e. The predicted molar refractivity (Wildman–Crippen MR) is 112 cm³/mol. The van der Waals surface area contributed by atoms with Gasteiger partial charge in [-0.15, -0.1) is 0 Å². The van der Waals surface area contributed by atoms with E-state index in [0.29, 0.717) is 5.56 Å². The summed E-state index contributed by atoms with van der Waals surface area (Å²) in [5.74, 6) is -1.94. The molecule has 1 N–H and O–H groups in total. The van der Waals surface area contributed by atoms with Gasteiger partial charge in [-0.25, -0.2) is 21.9 Å². The van der Waals surface area contributed by atoms with Crippen molar-refractivity contribution in [1.29, 1.82) is 0 Å². The molecule has 0 fully saturated rings. The fraction of sp³-hybridized carbons (Fsp3) is 0.238. The average molecular weight is 434 g/mol. The third kappa shape index (κ3) is 5.74. The van der Waals surface area contributed by atoms with E-state index in [4.69, 9.17) is 4.74 Å². The van der Waals surface area contributed by atoms with Gasteiger partial charge >= 0.3 is 5.97 Å². The van der Waals surface area contributed by atoms with E-state index in [2.05, 4.69) is 5.32 Å². The zero-order chi connectivity index (χ0) is 22.5. The van der Waals surface area contributed by atoms with Gasteiger partial charge in [-0.2, -0.15) is 0 Å². The molecule has 1 unspecified atom stereocenters. The van der Waals surface area contributed by atoms with Crippen LogP contribution in [0.25, 0.3) is 6.08 Å². The van der Waals surface area contributed by atoms with E-state index in [0.717, 1.165) is 10.4 Å². The molecule has 0 bridgehead atoms. The van der Waals surface area contributed by atoms with Gasteiger partial charge in [-0.1, -0.05) is 24.3 Å². The lowest BCUT2D eigenvalue weighted by Crippen LogP contribution is -2.30. The molecule has 160 valence electrons. The summed E-state index contributed by atoms with van der Waals surface area (Å²) in [6.45, 7) is 3.08. The SMILES string of the molecule is Cc1ccc(S(=O)(=O)N(C)C)cc1NC(=O)C(C)OC(=O)/C=C/c1ccccc1F. The van der Waals surface area contributed by atoms with Crippen molar-refractivity contribution < 1.29 is 27.1 Å². The van der Waals surface area contributed by atoms with Crippen molar-refractivity contribution >= 4 is 33.7 Å². The van der Waals surface area contributed by atoms with Gasteiger partial charge in [-0.05, 0) is 43.7 Å². The van der Waals surface area contributed by atoms with Crippen LogP contribution in [0.4, 0.5) is 10.1 Å². The third-order valence-corrected chi connectivity index (χ3v) is 6.02. The van der Waals surface area contributed by atoms with Crippen LogP contribution in [0.3, 0.4) is 0 Å². The molecular formula is C21H23FN2O5S. The molecule has 0 spiro atoms. The van der Waals surface area contributed by atoms with E-state index in [-0.39, 0.29) is 16.1 Å². The van der Waals surface area contributed by atoms with Crippen LogP contribution in [-0.4, -0.2) is 44.8 Å². The fourth-order valence-corrected chi connectivity index (χ4v) is 3.30. The van der Waals surface area contributed by atoms with Crippen molar-refractivity contribution in [3.63, 3.8) is 0 Å². The summed E-state index contributed by atoms with van der Waals surface area (Å²) in [7, 11) is -0.858. The highest BCUT2D eigenvalue weighted by Crippen LogP contribution is 2.22. The second kappa shape index (κ2) is 9.64. The monoisotopic (exact) mass is 434 g/mol. The molecular weight excluding hydrogens is 411 g/mol. The highest BCUT2D eigenvalue weighted by molar-refractivity contribution is 7.89.